The number of piperidine rings is 1. The number of hydrogen-bond donors (Lipinski definition) is 4. The molecule has 8 nitrogen and oxygen atoms in total. The predicted octanol–water partition coefficient (Wildman–Crippen LogP) is 2.63. The topological polar surface area (TPSA) is 116 Å². The van der Waals surface area contributed by atoms with E-state index in [4.69, 9.17) is 11.7 Å². The van der Waals surface area contributed by atoms with Gasteiger partial charge in [0.05, 0.1) is 0 Å². The number of para-hydroxylation sites is 1. The Morgan fingerprint density at radius 1 is 1.24 bits per heavy atom. The fourth-order valence-corrected chi connectivity index (χ4v) is 4.69. The van der Waals surface area contributed by atoms with E-state index in [-0.39, 0.29) is 5.91 Å². The number of amides is 1. The molecule has 0 bridgehead atoms. The molecule has 3 aromatic rings. The number of aromatic amines is 1. The van der Waals surface area contributed by atoms with Gasteiger partial charge in [-0.25, -0.2) is 5.84 Å². The number of H-pyrrole nitrogens is 1. The van der Waals surface area contributed by atoms with Crippen LogP contribution in [0.1, 0.15) is 41.4 Å². The van der Waals surface area contributed by atoms with Gasteiger partial charge in [-0.1, -0.05) is 42.5 Å². The molecule has 2 aromatic carbocycles. The summed E-state index contributed by atoms with van der Waals surface area (Å²) in [5.74, 6) is 11.8. The Labute approximate surface area is 194 Å². The highest BCUT2D eigenvalue weighted by molar-refractivity contribution is 5.98. The quantitative estimate of drug-likeness (QED) is 0.192. The number of hydrazone groups is 1. The van der Waals surface area contributed by atoms with E-state index in [2.05, 4.69) is 39.5 Å². The fourth-order valence-electron chi connectivity index (χ4n) is 4.69. The summed E-state index contributed by atoms with van der Waals surface area (Å²) in [6, 6.07) is 18.1. The Balaban J connectivity index is 1.36. The number of likely N-dealkylation sites (tertiary alicyclic amines) is 1. The van der Waals surface area contributed by atoms with Gasteiger partial charge in [-0.2, -0.15) is 5.10 Å². The molecule has 6 N–H and O–H groups in total. The summed E-state index contributed by atoms with van der Waals surface area (Å²) in [6.45, 7) is 6.46. The maximum atomic E-state index is 13.2. The number of benzene rings is 2. The molecule has 0 aliphatic carbocycles. The van der Waals surface area contributed by atoms with Crippen molar-refractivity contribution in [2.24, 2.45) is 22.7 Å². The molecule has 4 rings (SSSR count). The highest BCUT2D eigenvalue weighted by Gasteiger charge is 2.25. The first kappa shape index (κ1) is 22.8. The molecule has 174 valence electrons. The van der Waals surface area contributed by atoms with Crippen LogP contribution in [0.4, 0.5) is 0 Å². The van der Waals surface area contributed by atoms with Crippen molar-refractivity contribution in [3.8, 4) is 0 Å². The summed E-state index contributed by atoms with van der Waals surface area (Å²) in [6.07, 6.45) is 2.28. The third kappa shape index (κ3) is 5.35. The fraction of sp³-hybridized carbons (Fsp3) is 0.360. The summed E-state index contributed by atoms with van der Waals surface area (Å²) < 4.78 is 0. The van der Waals surface area contributed by atoms with Crippen molar-refractivity contribution in [2.75, 3.05) is 26.2 Å². The van der Waals surface area contributed by atoms with Crippen molar-refractivity contribution >= 4 is 22.6 Å². The molecular formula is C25H33N7O. The molecule has 0 radical (unpaired) electrons. The molecule has 1 unspecified atom stereocenters. The van der Waals surface area contributed by atoms with Crippen LogP contribution in [0.25, 0.3) is 10.9 Å². The van der Waals surface area contributed by atoms with Crippen LogP contribution in [0.15, 0.2) is 59.7 Å². The van der Waals surface area contributed by atoms with Crippen molar-refractivity contribution in [1.29, 1.82) is 0 Å². The lowest BCUT2D eigenvalue weighted by Gasteiger charge is -2.35. The second-order valence-corrected chi connectivity index (χ2v) is 8.68. The lowest BCUT2D eigenvalue weighted by atomic mass is 9.96. The highest BCUT2D eigenvalue weighted by Crippen LogP contribution is 2.22. The molecule has 1 aliphatic heterocycles. The van der Waals surface area contributed by atoms with E-state index >= 15 is 0 Å². The lowest BCUT2D eigenvalue weighted by molar-refractivity contribution is 0.0680. The van der Waals surface area contributed by atoms with Gasteiger partial charge in [-0.15, -0.1) is 0 Å². The standard InChI is InChI=1S/C25H33N7O/c1-2-32(25(33)23-14-21-7-3-4-8-22(21)28-23)17-19-6-5-13-31(16-19)15-18-9-11-20(12-10-18)24(29-26)30-27/h3-4,7-12,14,19,28H,2,5-6,13,15-17,26-27H2,1H3,(H,29,30). The van der Waals surface area contributed by atoms with Gasteiger partial charge in [-0.3, -0.25) is 9.69 Å². The zero-order valence-electron chi connectivity index (χ0n) is 19.1. The number of amidine groups is 1. The second kappa shape index (κ2) is 10.5. The molecule has 1 amide bonds. The molecule has 33 heavy (non-hydrogen) atoms. The van der Waals surface area contributed by atoms with Gasteiger partial charge >= 0.3 is 0 Å². The molecule has 1 saturated heterocycles. The first-order valence-electron chi connectivity index (χ1n) is 11.5. The van der Waals surface area contributed by atoms with Gasteiger partial charge in [0.15, 0.2) is 5.84 Å². The lowest BCUT2D eigenvalue weighted by Crippen LogP contribution is -2.42. The monoisotopic (exact) mass is 447 g/mol. The number of hydrazine groups is 1. The van der Waals surface area contributed by atoms with Crippen LogP contribution >= 0.6 is 0 Å². The van der Waals surface area contributed by atoms with Gasteiger partial charge in [0.1, 0.15) is 5.69 Å². The average Bonchev–Trinajstić information content (AvgIpc) is 3.28. The van der Waals surface area contributed by atoms with E-state index in [1.165, 1.54) is 5.56 Å². The van der Waals surface area contributed by atoms with Crippen LogP contribution < -0.4 is 17.1 Å². The smallest absolute Gasteiger partial charge is 0.270 e. The normalized spacial score (nSPS) is 17.3. The average molecular weight is 448 g/mol. The maximum absolute atomic E-state index is 13.2. The molecule has 1 aliphatic rings. The van der Waals surface area contributed by atoms with Gasteiger partial charge in [0, 0.05) is 42.6 Å². The number of nitrogens with zero attached hydrogens (tertiary/aromatic N) is 3. The summed E-state index contributed by atoms with van der Waals surface area (Å²) in [4.78, 5) is 20.9. The Morgan fingerprint density at radius 3 is 2.73 bits per heavy atom. The van der Waals surface area contributed by atoms with E-state index in [1.54, 1.807) is 0 Å². The summed E-state index contributed by atoms with van der Waals surface area (Å²) in [7, 11) is 0. The van der Waals surface area contributed by atoms with E-state index in [0.717, 1.165) is 55.5 Å². The number of fused-ring (bicyclic) bond motifs is 1. The Morgan fingerprint density at radius 2 is 2.03 bits per heavy atom. The van der Waals surface area contributed by atoms with Crippen LogP contribution in [-0.2, 0) is 6.54 Å². The number of aromatic nitrogens is 1. The Bertz CT molecular complexity index is 1070. The minimum Gasteiger partial charge on any atom is -0.351 e. The number of hydrogen-bond acceptors (Lipinski definition) is 5. The highest BCUT2D eigenvalue weighted by atomic mass is 16.2. The maximum Gasteiger partial charge on any atom is 0.270 e. The first-order chi connectivity index (χ1) is 16.1. The van der Waals surface area contributed by atoms with E-state index < -0.39 is 0 Å². The second-order valence-electron chi connectivity index (χ2n) is 8.68. The summed E-state index contributed by atoms with van der Waals surface area (Å²) in [5.41, 5.74) is 6.26. The van der Waals surface area contributed by atoms with Crippen molar-refractivity contribution in [1.82, 2.24) is 20.2 Å². The minimum atomic E-state index is 0.0762. The zero-order chi connectivity index (χ0) is 23.2. The van der Waals surface area contributed by atoms with E-state index in [1.807, 2.05) is 47.4 Å². The first-order valence-corrected chi connectivity index (χ1v) is 11.5. The Kier molecular flexibility index (Phi) is 7.26. The van der Waals surface area contributed by atoms with Crippen molar-refractivity contribution in [3.05, 3.63) is 71.4 Å². The number of nitrogens with two attached hydrogens (primary N) is 2. The van der Waals surface area contributed by atoms with Crippen LogP contribution in [0.5, 0.6) is 0 Å². The molecule has 1 atom stereocenters. The van der Waals surface area contributed by atoms with Crippen molar-refractivity contribution < 1.29 is 4.79 Å². The minimum absolute atomic E-state index is 0.0762. The SMILES string of the molecule is CCN(CC1CCCN(Cc2ccc(/C(=N/N)NN)cc2)C1)C(=O)c1cc2ccccc2[nH]1. The van der Waals surface area contributed by atoms with E-state index in [0.29, 0.717) is 24.0 Å². The summed E-state index contributed by atoms with van der Waals surface area (Å²) >= 11 is 0. The number of carbonyl (C=O) groups is 1. The molecule has 2 heterocycles. The predicted molar refractivity (Wildman–Crippen MR) is 132 cm³/mol. The van der Waals surface area contributed by atoms with Gasteiger partial charge in [-0.05, 0) is 49.9 Å². The summed E-state index contributed by atoms with van der Waals surface area (Å²) in [5, 5.41) is 4.72. The Hall–Kier alpha value is -3.36. The molecule has 8 heteroatoms. The third-order valence-electron chi connectivity index (χ3n) is 6.41. The van der Waals surface area contributed by atoms with Crippen molar-refractivity contribution in [3.63, 3.8) is 0 Å². The van der Waals surface area contributed by atoms with Crippen LogP contribution in [0, 0.1) is 5.92 Å². The molecular weight excluding hydrogens is 414 g/mol. The van der Waals surface area contributed by atoms with Crippen molar-refractivity contribution in [2.45, 2.75) is 26.3 Å². The van der Waals surface area contributed by atoms with Crippen LogP contribution in [0.2, 0.25) is 0 Å². The van der Waals surface area contributed by atoms with Crippen LogP contribution in [-0.4, -0.2) is 52.7 Å². The third-order valence-corrected chi connectivity index (χ3v) is 6.41. The zero-order valence-corrected chi connectivity index (χ0v) is 19.1. The van der Waals surface area contributed by atoms with Gasteiger partial charge in [0.2, 0.25) is 0 Å². The number of carbonyl (C=O) groups excluding carboxylic acids is 1. The van der Waals surface area contributed by atoms with Gasteiger partial charge < -0.3 is 21.2 Å². The molecule has 0 spiro atoms. The van der Waals surface area contributed by atoms with Gasteiger partial charge in [0.25, 0.3) is 5.91 Å². The molecule has 1 fully saturated rings. The number of nitrogens with one attached hydrogen (secondary N) is 2. The largest absolute Gasteiger partial charge is 0.351 e. The molecule has 0 saturated carbocycles. The number of rotatable bonds is 7. The molecule has 1 aromatic heterocycles. The van der Waals surface area contributed by atoms with E-state index in [9.17, 15) is 4.79 Å². The van der Waals surface area contributed by atoms with Crippen LogP contribution in [0.3, 0.4) is 0 Å².